The molecule has 2 aliphatic heterocycles. The Kier molecular flexibility index (Phi) is 6.36. The third-order valence-electron chi connectivity index (χ3n) is 7.73. The van der Waals surface area contributed by atoms with Gasteiger partial charge in [0.15, 0.2) is 5.82 Å². The van der Waals surface area contributed by atoms with Crippen molar-refractivity contribution < 1.29 is 9.59 Å². The van der Waals surface area contributed by atoms with Gasteiger partial charge in [-0.25, -0.2) is 4.98 Å². The van der Waals surface area contributed by atoms with E-state index in [4.69, 9.17) is 4.98 Å². The maximum atomic E-state index is 13.2. The van der Waals surface area contributed by atoms with Gasteiger partial charge in [0, 0.05) is 44.0 Å². The smallest absolute Gasteiger partial charge is 0.251 e. The zero-order valence-electron chi connectivity index (χ0n) is 22.0. The van der Waals surface area contributed by atoms with Crippen LogP contribution >= 0.6 is 0 Å². The van der Waals surface area contributed by atoms with Crippen molar-refractivity contribution in [3.8, 4) is 0 Å². The van der Waals surface area contributed by atoms with Crippen LogP contribution < -0.4 is 20.4 Å². The van der Waals surface area contributed by atoms with E-state index in [0.717, 1.165) is 48.7 Å². The lowest BCUT2D eigenvalue weighted by Crippen LogP contribution is -2.57. The molecule has 0 unspecified atom stereocenters. The molecule has 2 N–H and O–H groups in total. The average Bonchev–Trinajstić information content (AvgIpc) is 3.34. The molecule has 192 valence electrons. The highest BCUT2D eigenvalue weighted by molar-refractivity contribution is 6.01. The van der Waals surface area contributed by atoms with Gasteiger partial charge >= 0.3 is 0 Å². The van der Waals surface area contributed by atoms with Crippen molar-refractivity contribution in [2.75, 3.05) is 48.8 Å². The van der Waals surface area contributed by atoms with E-state index in [1.165, 1.54) is 12.8 Å². The molecule has 2 aromatic rings. The van der Waals surface area contributed by atoms with Gasteiger partial charge in [-0.3, -0.25) is 9.59 Å². The number of amides is 2. The van der Waals surface area contributed by atoms with Crippen LogP contribution in [0, 0.1) is 12.3 Å². The van der Waals surface area contributed by atoms with Crippen LogP contribution in [0.2, 0.25) is 0 Å². The van der Waals surface area contributed by atoms with Crippen molar-refractivity contribution in [2.24, 2.45) is 5.41 Å². The summed E-state index contributed by atoms with van der Waals surface area (Å²) in [6.45, 7) is 8.39. The van der Waals surface area contributed by atoms with Gasteiger partial charge in [-0.15, -0.1) is 0 Å². The molecule has 1 saturated heterocycles. The second-order valence-corrected chi connectivity index (χ2v) is 11.3. The van der Waals surface area contributed by atoms with Crippen LogP contribution in [0.3, 0.4) is 0 Å². The van der Waals surface area contributed by atoms with Crippen LogP contribution in [0.1, 0.15) is 55.5 Å². The molecular weight excluding hydrogens is 454 g/mol. The monoisotopic (exact) mass is 491 g/mol. The van der Waals surface area contributed by atoms with E-state index in [1.54, 1.807) is 11.1 Å². The lowest BCUT2D eigenvalue weighted by molar-refractivity contribution is -0.125. The quantitative estimate of drug-likeness (QED) is 0.663. The predicted octanol–water partition coefficient (Wildman–Crippen LogP) is 3.32. The van der Waals surface area contributed by atoms with E-state index in [-0.39, 0.29) is 17.9 Å². The van der Waals surface area contributed by atoms with Crippen molar-refractivity contribution in [1.82, 2.24) is 20.2 Å². The number of anilines is 4. The lowest BCUT2D eigenvalue weighted by atomic mass is 9.91. The minimum atomic E-state index is -0.520. The summed E-state index contributed by atoms with van der Waals surface area (Å²) in [6, 6.07) is 6.21. The molecule has 0 atom stereocenters. The highest BCUT2D eigenvalue weighted by Gasteiger charge is 2.41. The minimum Gasteiger partial charge on any atom is -0.351 e. The Bertz CT molecular complexity index is 1170. The Morgan fingerprint density at radius 2 is 1.86 bits per heavy atom. The molecule has 1 aliphatic carbocycles. The zero-order valence-corrected chi connectivity index (χ0v) is 22.0. The van der Waals surface area contributed by atoms with Crippen LogP contribution in [-0.2, 0) is 4.79 Å². The molecule has 1 saturated carbocycles. The van der Waals surface area contributed by atoms with E-state index < -0.39 is 5.41 Å². The average molecular weight is 492 g/mol. The standard InChI is InChI=1S/C27H37N7O2/c1-17-12-18(24(35)29-19-14-32(4)15-19)10-11-21(17)30-26-28-13-22-23(31-26)34(20-8-6-7-9-20)16-27(2,3)25(36)33(22)5/h10-13,19-20H,6-9,14-16H2,1-5H3,(H,29,35)(H,28,30,31). The van der Waals surface area contributed by atoms with Crippen LogP contribution in [-0.4, -0.2) is 72.5 Å². The highest BCUT2D eigenvalue weighted by atomic mass is 16.2. The van der Waals surface area contributed by atoms with Crippen molar-refractivity contribution in [3.05, 3.63) is 35.5 Å². The third kappa shape index (κ3) is 4.64. The van der Waals surface area contributed by atoms with Crippen molar-refractivity contribution in [2.45, 2.75) is 58.5 Å². The number of aromatic nitrogens is 2. The molecular formula is C27H37N7O2. The number of carbonyl (C=O) groups is 2. The zero-order chi connectivity index (χ0) is 25.6. The summed E-state index contributed by atoms with van der Waals surface area (Å²) < 4.78 is 0. The summed E-state index contributed by atoms with van der Waals surface area (Å²) in [5, 5.41) is 6.43. The van der Waals surface area contributed by atoms with Gasteiger partial charge in [-0.2, -0.15) is 4.98 Å². The maximum absolute atomic E-state index is 13.2. The van der Waals surface area contributed by atoms with E-state index in [0.29, 0.717) is 24.1 Å². The normalized spacial score (nSPS) is 20.6. The molecule has 9 nitrogen and oxygen atoms in total. The predicted molar refractivity (Wildman–Crippen MR) is 142 cm³/mol. The fourth-order valence-corrected chi connectivity index (χ4v) is 5.65. The first-order chi connectivity index (χ1) is 17.1. The first-order valence-corrected chi connectivity index (χ1v) is 12.9. The maximum Gasteiger partial charge on any atom is 0.251 e. The van der Waals surface area contributed by atoms with Crippen molar-refractivity contribution in [3.63, 3.8) is 0 Å². The number of hydrogen-bond donors (Lipinski definition) is 2. The largest absolute Gasteiger partial charge is 0.351 e. The van der Waals surface area contributed by atoms with Gasteiger partial charge in [0.05, 0.1) is 17.7 Å². The van der Waals surface area contributed by atoms with Gasteiger partial charge in [0.1, 0.15) is 5.69 Å². The van der Waals surface area contributed by atoms with Crippen LogP contribution in [0.4, 0.5) is 23.1 Å². The van der Waals surface area contributed by atoms with Crippen LogP contribution in [0.5, 0.6) is 0 Å². The molecule has 0 bridgehead atoms. The third-order valence-corrected chi connectivity index (χ3v) is 7.73. The molecule has 2 amide bonds. The van der Waals surface area contributed by atoms with E-state index in [2.05, 4.69) is 25.4 Å². The first kappa shape index (κ1) is 24.5. The number of aryl methyl sites for hydroxylation is 1. The Hall–Kier alpha value is -3.20. The molecule has 0 radical (unpaired) electrons. The van der Waals surface area contributed by atoms with Crippen LogP contribution in [0.15, 0.2) is 24.4 Å². The summed E-state index contributed by atoms with van der Waals surface area (Å²) in [4.78, 5) is 41.5. The van der Waals surface area contributed by atoms with Gasteiger partial charge in [0.2, 0.25) is 11.9 Å². The molecule has 36 heavy (non-hydrogen) atoms. The Balaban J connectivity index is 1.40. The molecule has 9 heteroatoms. The summed E-state index contributed by atoms with van der Waals surface area (Å²) in [6.07, 6.45) is 6.37. The molecule has 5 rings (SSSR count). The van der Waals surface area contributed by atoms with Gasteiger partial charge < -0.3 is 25.3 Å². The summed E-state index contributed by atoms with van der Waals surface area (Å²) in [5.74, 6) is 1.31. The minimum absolute atomic E-state index is 0.0495. The van der Waals surface area contributed by atoms with E-state index >= 15 is 0 Å². The van der Waals surface area contributed by atoms with E-state index in [9.17, 15) is 9.59 Å². The lowest BCUT2D eigenvalue weighted by Gasteiger charge is -2.36. The fourth-order valence-electron chi connectivity index (χ4n) is 5.65. The number of fused-ring (bicyclic) bond motifs is 1. The number of nitrogens with one attached hydrogen (secondary N) is 2. The van der Waals surface area contributed by atoms with Crippen LogP contribution in [0.25, 0.3) is 0 Å². The summed E-state index contributed by atoms with van der Waals surface area (Å²) in [5.41, 5.74) is 2.65. The van der Waals surface area contributed by atoms with Gasteiger partial charge in [-0.05, 0) is 64.4 Å². The number of likely N-dealkylation sites (N-methyl/N-ethyl adjacent to an activating group) is 1. The summed E-state index contributed by atoms with van der Waals surface area (Å²) >= 11 is 0. The number of likely N-dealkylation sites (tertiary alicyclic amines) is 1. The van der Waals surface area contributed by atoms with Crippen molar-refractivity contribution in [1.29, 1.82) is 0 Å². The number of nitrogens with zero attached hydrogens (tertiary/aromatic N) is 5. The van der Waals surface area contributed by atoms with Gasteiger partial charge in [-0.1, -0.05) is 12.8 Å². The van der Waals surface area contributed by atoms with Gasteiger partial charge in [0.25, 0.3) is 5.91 Å². The highest BCUT2D eigenvalue weighted by Crippen LogP contribution is 2.40. The molecule has 1 aromatic carbocycles. The number of benzene rings is 1. The first-order valence-electron chi connectivity index (χ1n) is 12.9. The SMILES string of the molecule is Cc1cc(C(=O)NC2CN(C)C2)ccc1Nc1ncc2c(n1)N(C1CCCC1)CC(C)(C)C(=O)N2C. The molecule has 0 spiro atoms. The number of carbonyl (C=O) groups excluding carboxylic acids is 2. The topological polar surface area (TPSA) is 93.7 Å². The Labute approximate surface area is 213 Å². The second kappa shape index (κ2) is 9.35. The fraction of sp³-hybridized carbons (Fsp3) is 0.556. The van der Waals surface area contributed by atoms with E-state index in [1.807, 2.05) is 53.1 Å². The number of rotatable bonds is 5. The Morgan fingerprint density at radius 3 is 2.53 bits per heavy atom. The number of hydrogen-bond acceptors (Lipinski definition) is 7. The second-order valence-electron chi connectivity index (χ2n) is 11.3. The van der Waals surface area contributed by atoms with Crippen molar-refractivity contribution >= 4 is 35.0 Å². The molecule has 1 aromatic heterocycles. The molecule has 2 fully saturated rings. The molecule has 3 heterocycles. The molecule has 3 aliphatic rings. The summed E-state index contributed by atoms with van der Waals surface area (Å²) in [7, 11) is 3.86. The Morgan fingerprint density at radius 1 is 1.14 bits per heavy atom.